The largest absolute Gasteiger partial charge is 0.466 e. The van der Waals surface area contributed by atoms with Crippen molar-refractivity contribution in [2.75, 3.05) is 11.9 Å². The Morgan fingerprint density at radius 1 is 0.750 bits per heavy atom. The number of hydrogen-bond acceptors (Lipinski definition) is 4. The molecule has 0 unspecified atom stereocenters. The highest BCUT2D eigenvalue weighted by atomic mass is 16.5. The first-order valence-corrected chi connectivity index (χ1v) is 17.5. The number of ether oxygens (including phenoxy) is 1. The van der Waals surface area contributed by atoms with Gasteiger partial charge >= 0.3 is 5.97 Å². The molecule has 0 fully saturated rings. The van der Waals surface area contributed by atoms with Crippen molar-refractivity contribution >= 4 is 28.3 Å². The number of ketones is 1. The van der Waals surface area contributed by atoms with Gasteiger partial charge < -0.3 is 14.6 Å². The third-order valence-corrected chi connectivity index (χ3v) is 8.72. The number of nitrogens with zero attached hydrogens (tertiary/aromatic N) is 1. The van der Waals surface area contributed by atoms with Crippen molar-refractivity contribution in [3.05, 3.63) is 137 Å². The van der Waals surface area contributed by atoms with Gasteiger partial charge in [0.05, 0.1) is 12.6 Å². The van der Waals surface area contributed by atoms with Crippen LogP contribution in [-0.4, -0.2) is 22.9 Å². The Hall–Kier alpha value is -4.64. The molecule has 4 aromatic carbocycles. The monoisotopic (exact) mass is 642 g/mol. The number of anilines is 1. The highest BCUT2D eigenvalue weighted by Gasteiger charge is 2.19. The lowest BCUT2D eigenvalue weighted by atomic mass is 9.93. The standard InChI is InChI=1S/C43H50N2O3/c1-6-48-41(46)16-9-10-25-45-29-39(38-14-7-8-15-40(38)45)43(47)36-12-11-13-37(28-36)44-42(34-21-17-32(18-22-34)26-30(2)3)35-23-19-33(20-24-35)27-31(4)5/h7-8,11-15,17-24,28-31,42,44H,6,9-10,16,25-27H2,1-5H3. The second-order valence-corrected chi connectivity index (χ2v) is 13.7. The maximum atomic E-state index is 14.1. The quantitative estimate of drug-likeness (QED) is 0.0661. The molecule has 5 nitrogen and oxygen atoms in total. The molecule has 0 atom stereocenters. The maximum absolute atomic E-state index is 14.1. The van der Waals surface area contributed by atoms with E-state index in [0.29, 0.717) is 36.0 Å². The molecule has 0 saturated carbocycles. The van der Waals surface area contributed by atoms with Gasteiger partial charge in [-0.3, -0.25) is 9.59 Å². The molecule has 0 aliphatic carbocycles. The number of carbonyl (C=O) groups is 2. The number of fused-ring (bicyclic) bond motifs is 1. The Labute approximate surface area is 286 Å². The summed E-state index contributed by atoms with van der Waals surface area (Å²) in [4.78, 5) is 25.9. The van der Waals surface area contributed by atoms with E-state index in [1.165, 1.54) is 22.3 Å². The Kier molecular flexibility index (Phi) is 11.9. The number of para-hydroxylation sites is 1. The van der Waals surface area contributed by atoms with Gasteiger partial charge in [0.25, 0.3) is 0 Å². The van der Waals surface area contributed by atoms with E-state index in [0.717, 1.165) is 48.8 Å². The lowest BCUT2D eigenvalue weighted by Gasteiger charge is -2.22. The van der Waals surface area contributed by atoms with Crippen molar-refractivity contribution < 1.29 is 14.3 Å². The molecule has 0 amide bonds. The van der Waals surface area contributed by atoms with E-state index in [1.807, 2.05) is 55.6 Å². The minimum Gasteiger partial charge on any atom is -0.466 e. The first kappa shape index (κ1) is 34.7. The Morgan fingerprint density at radius 2 is 1.38 bits per heavy atom. The highest BCUT2D eigenvalue weighted by Crippen LogP contribution is 2.30. The summed E-state index contributed by atoms with van der Waals surface area (Å²) in [6, 6.07) is 33.7. The van der Waals surface area contributed by atoms with Crippen LogP contribution < -0.4 is 5.32 Å². The number of rotatable bonds is 16. The molecule has 0 spiro atoms. The number of nitrogens with one attached hydrogen (secondary N) is 1. The van der Waals surface area contributed by atoms with Crippen molar-refractivity contribution in [3.8, 4) is 0 Å². The van der Waals surface area contributed by atoms with Crippen LogP contribution >= 0.6 is 0 Å². The molecule has 250 valence electrons. The molecule has 0 aliphatic heterocycles. The Balaban J connectivity index is 1.40. The summed E-state index contributed by atoms with van der Waals surface area (Å²) in [6.45, 7) is 11.9. The number of carbonyl (C=O) groups excluding carboxylic acids is 2. The van der Waals surface area contributed by atoms with Gasteiger partial charge in [-0.1, -0.05) is 107 Å². The third kappa shape index (κ3) is 9.03. The number of unbranched alkanes of at least 4 members (excludes halogenated alkanes) is 1. The lowest BCUT2D eigenvalue weighted by Crippen LogP contribution is -2.13. The Bertz CT molecular complexity index is 1750. The zero-order valence-corrected chi connectivity index (χ0v) is 29.2. The van der Waals surface area contributed by atoms with Gasteiger partial charge in [-0.15, -0.1) is 0 Å². The van der Waals surface area contributed by atoms with Crippen LogP contribution in [0, 0.1) is 11.8 Å². The van der Waals surface area contributed by atoms with Crippen LogP contribution in [0.15, 0.2) is 103 Å². The van der Waals surface area contributed by atoms with Crippen LogP contribution in [0.4, 0.5) is 5.69 Å². The molecule has 48 heavy (non-hydrogen) atoms. The van der Waals surface area contributed by atoms with Gasteiger partial charge in [-0.05, 0) is 84.9 Å². The van der Waals surface area contributed by atoms with Crippen LogP contribution in [-0.2, 0) is 28.9 Å². The second-order valence-electron chi connectivity index (χ2n) is 13.7. The van der Waals surface area contributed by atoms with Gasteiger partial charge in [0.2, 0.25) is 0 Å². The molecular formula is C43H50N2O3. The van der Waals surface area contributed by atoms with Crippen molar-refractivity contribution in [2.45, 2.75) is 79.3 Å². The molecule has 5 rings (SSSR count). The summed E-state index contributed by atoms with van der Waals surface area (Å²) in [5.41, 5.74) is 8.29. The lowest BCUT2D eigenvalue weighted by molar-refractivity contribution is -0.143. The van der Waals surface area contributed by atoms with Crippen LogP contribution in [0.25, 0.3) is 10.9 Å². The fourth-order valence-corrected chi connectivity index (χ4v) is 6.46. The molecule has 1 heterocycles. The van der Waals surface area contributed by atoms with E-state index in [-0.39, 0.29) is 17.8 Å². The van der Waals surface area contributed by atoms with Crippen LogP contribution in [0.5, 0.6) is 0 Å². The van der Waals surface area contributed by atoms with E-state index in [2.05, 4.69) is 92.2 Å². The molecular weight excluding hydrogens is 592 g/mol. The molecule has 1 aromatic heterocycles. The number of benzene rings is 4. The predicted octanol–water partition coefficient (Wildman–Crippen LogP) is 10.2. The SMILES string of the molecule is CCOC(=O)CCCCn1cc(C(=O)c2cccc(NC(c3ccc(CC(C)C)cc3)c3ccc(CC(C)C)cc3)c2)c2ccccc21. The summed E-state index contributed by atoms with van der Waals surface area (Å²) in [5, 5.41) is 4.72. The van der Waals surface area contributed by atoms with E-state index in [4.69, 9.17) is 4.74 Å². The second kappa shape index (κ2) is 16.5. The van der Waals surface area contributed by atoms with E-state index in [1.54, 1.807) is 0 Å². The fraction of sp³-hybridized carbons (Fsp3) is 0.349. The van der Waals surface area contributed by atoms with Gasteiger partial charge in [0.1, 0.15) is 0 Å². The Morgan fingerprint density at radius 3 is 1.98 bits per heavy atom. The number of hydrogen-bond donors (Lipinski definition) is 1. The maximum Gasteiger partial charge on any atom is 0.305 e. The van der Waals surface area contributed by atoms with Crippen molar-refractivity contribution in [1.29, 1.82) is 0 Å². The van der Waals surface area contributed by atoms with E-state index >= 15 is 0 Å². The minimum atomic E-state index is -0.159. The van der Waals surface area contributed by atoms with Crippen molar-refractivity contribution in [1.82, 2.24) is 4.57 Å². The molecule has 0 radical (unpaired) electrons. The molecule has 1 N–H and O–H groups in total. The van der Waals surface area contributed by atoms with E-state index < -0.39 is 0 Å². The average molecular weight is 643 g/mol. The number of aryl methyl sites for hydroxylation is 1. The first-order chi connectivity index (χ1) is 23.2. The molecule has 0 bridgehead atoms. The molecule has 0 saturated heterocycles. The smallest absolute Gasteiger partial charge is 0.305 e. The van der Waals surface area contributed by atoms with Crippen LogP contribution in [0.1, 0.15) is 98.1 Å². The van der Waals surface area contributed by atoms with E-state index in [9.17, 15) is 9.59 Å². The number of esters is 1. The minimum absolute atomic E-state index is 0.00671. The highest BCUT2D eigenvalue weighted by molar-refractivity contribution is 6.16. The average Bonchev–Trinajstić information content (AvgIpc) is 3.44. The first-order valence-electron chi connectivity index (χ1n) is 17.5. The van der Waals surface area contributed by atoms with Crippen molar-refractivity contribution in [3.63, 3.8) is 0 Å². The van der Waals surface area contributed by atoms with Gasteiger partial charge in [-0.2, -0.15) is 0 Å². The third-order valence-electron chi connectivity index (χ3n) is 8.72. The zero-order valence-electron chi connectivity index (χ0n) is 29.2. The summed E-state index contributed by atoms with van der Waals surface area (Å²) >= 11 is 0. The summed E-state index contributed by atoms with van der Waals surface area (Å²) < 4.78 is 7.21. The van der Waals surface area contributed by atoms with Crippen molar-refractivity contribution in [2.24, 2.45) is 11.8 Å². The molecule has 0 aliphatic rings. The summed E-state index contributed by atoms with van der Waals surface area (Å²) in [5.74, 6) is 1.04. The molecule has 5 heteroatoms. The van der Waals surface area contributed by atoms with Gasteiger partial charge in [0.15, 0.2) is 5.78 Å². The van der Waals surface area contributed by atoms with Gasteiger partial charge in [-0.25, -0.2) is 0 Å². The van der Waals surface area contributed by atoms with Crippen LogP contribution in [0.2, 0.25) is 0 Å². The predicted molar refractivity (Wildman–Crippen MR) is 198 cm³/mol. The van der Waals surface area contributed by atoms with Crippen LogP contribution in [0.3, 0.4) is 0 Å². The fourth-order valence-electron chi connectivity index (χ4n) is 6.46. The topological polar surface area (TPSA) is 60.3 Å². The number of aromatic nitrogens is 1. The van der Waals surface area contributed by atoms with Gasteiger partial charge in [0, 0.05) is 46.9 Å². The zero-order chi connectivity index (χ0) is 34.0. The normalized spacial score (nSPS) is 11.5. The summed E-state index contributed by atoms with van der Waals surface area (Å²) in [7, 11) is 0. The molecule has 5 aromatic rings. The summed E-state index contributed by atoms with van der Waals surface area (Å²) in [6.07, 6.45) is 6.04.